The first kappa shape index (κ1) is 19.0. The highest BCUT2D eigenvalue weighted by Gasteiger charge is 2.29. The van der Waals surface area contributed by atoms with Crippen LogP contribution in [0.4, 0.5) is 0 Å². The van der Waals surface area contributed by atoms with E-state index in [0.29, 0.717) is 22.8 Å². The summed E-state index contributed by atoms with van der Waals surface area (Å²) >= 11 is 0. The van der Waals surface area contributed by atoms with Gasteiger partial charge in [0, 0.05) is 0 Å². The van der Waals surface area contributed by atoms with E-state index in [0.717, 1.165) is 5.56 Å². The van der Waals surface area contributed by atoms with Crippen molar-refractivity contribution in [3.63, 3.8) is 0 Å². The predicted molar refractivity (Wildman–Crippen MR) is 105 cm³/mol. The number of Topliss-reactive ketones (excluding diaryl/α,β-unsaturated/α-hetero) is 1. The van der Waals surface area contributed by atoms with Gasteiger partial charge in [0.25, 0.3) is 0 Å². The van der Waals surface area contributed by atoms with Crippen LogP contribution in [0, 0.1) is 0 Å². The molecule has 3 aromatic rings. The number of para-hydroxylation sites is 1. The molecule has 4 rings (SSSR count). The molecule has 6 heteroatoms. The fourth-order valence-corrected chi connectivity index (χ4v) is 3.11. The lowest BCUT2D eigenvalue weighted by Crippen LogP contribution is -2.28. The van der Waals surface area contributed by atoms with Crippen molar-refractivity contribution in [1.29, 1.82) is 0 Å². The van der Waals surface area contributed by atoms with Crippen LogP contribution >= 0.6 is 0 Å². The molecule has 2 atom stereocenters. The van der Waals surface area contributed by atoms with Crippen LogP contribution in [0.1, 0.15) is 27.6 Å². The van der Waals surface area contributed by atoms with Gasteiger partial charge in [-0.15, -0.1) is 0 Å². The van der Waals surface area contributed by atoms with Crippen LogP contribution in [0.3, 0.4) is 0 Å². The molecule has 0 aromatic heterocycles. The summed E-state index contributed by atoms with van der Waals surface area (Å²) in [6.45, 7) is 0.383. The predicted octanol–water partition coefficient (Wildman–Crippen LogP) is 3.27. The van der Waals surface area contributed by atoms with E-state index in [1.165, 1.54) is 0 Å². The summed E-state index contributed by atoms with van der Waals surface area (Å²) in [6, 6.07) is 21.0. The molecular weight excluding hydrogens is 372 g/mol. The van der Waals surface area contributed by atoms with Gasteiger partial charge >= 0.3 is 0 Å². The molecule has 0 aliphatic carbocycles. The maximum Gasteiger partial charge on any atom is 0.231 e. The first-order valence-electron chi connectivity index (χ1n) is 9.19. The van der Waals surface area contributed by atoms with Gasteiger partial charge in [0.2, 0.25) is 6.79 Å². The van der Waals surface area contributed by atoms with Crippen molar-refractivity contribution in [2.24, 2.45) is 0 Å². The number of ether oxygens (including phenoxy) is 3. The molecule has 3 aromatic carbocycles. The van der Waals surface area contributed by atoms with Crippen molar-refractivity contribution in [2.45, 2.75) is 18.8 Å². The topological polar surface area (TPSA) is 85.2 Å². The van der Waals surface area contributed by atoms with Crippen molar-refractivity contribution in [3.05, 3.63) is 89.5 Å². The van der Waals surface area contributed by atoms with Gasteiger partial charge in [-0.05, 0) is 35.4 Å². The van der Waals surface area contributed by atoms with Crippen molar-refractivity contribution in [3.8, 4) is 17.2 Å². The molecule has 0 bridgehead atoms. The highest BCUT2D eigenvalue weighted by Crippen LogP contribution is 2.35. The number of hydrogen-bond donors (Lipinski definition) is 2. The van der Waals surface area contributed by atoms with E-state index in [2.05, 4.69) is 0 Å². The molecule has 2 N–H and O–H groups in total. The third-order valence-electron chi connectivity index (χ3n) is 4.70. The Hall–Kier alpha value is -3.35. The van der Waals surface area contributed by atoms with Gasteiger partial charge < -0.3 is 24.4 Å². The second-order valence-corrected chi connectivity index (χ2v) is 6.64. The summed E-state index contributed by atoms with van der Waals surface area (Å²) < 4.78 is 16.3. The van der Waals surface area contributed by atoms with Gasteiger partial charge in [0.05, 0.1) is 5.56 Å². The molecule has 0 fully saturated rings. The average molecular weight is 392 g/mol. The summed E-state index contributed by atoms with van der Waals surface area (Å²) in [5.74, 6) is 0.742. The number of aliphatic hydroxyl groups is 2. The standard InChI is InChI=1S/C23H20O6/c24-21(16-10-11-19-20(12-16)29-14-28-19)23(26)22(25)17-8-4-5-9-18(17)27-13-15-6-2-1-3-7-15/h1-12,21,23-24,26H,13-14H2. The zero-order valence-electron chi connectivity index (χ0n) is 15.5. The fraction of sp³-hybridized carbons (Fsp3) is 0.174. The smallest absolute Gasteiger partial charge is 0.231 e. The van der Waals surface area contributed by atoms with Crippen LogP contribution in [0.15, 0.2) is 72.8 Å². The zero-order valence-corrected chi connectivity index (χ0v) is 15.5. The van der Waals surface area contributed by atoms with E-state index >= 15 is 0 Å². The Bertz CT molecular complexity index is 1000. The number of ketones is 1. The molecule has 6 nitrogen and oxygen atoms in total. The lowest BCUT2D eigenvalue weighted by atomic mass is 9.96. The minimum Gasteiger partial charge on any atom is -0.488 e. The summed E-state index contributed by atoms with van der Waals surface area (Å²) in [5, 5.41) is 21.1. The molecule has 0 amide bonds. The van der Waals surface area contributed by atoms with Crippen molar-refractivity contribution in [2.75, 3.05) is 6.79 Å². The normalized spacial score (nSPS) is 14.3. The first-order chi connectivity index (χ1) is 14.1. The Morgan fingerprint density at radius 2 is 1.66 bits per heavy atom. The molecule has 1 aliphatic heterocycles. The summed E-state index contributed by atoms with van der Waals surface area (Å²) in [6.07, 6.45) is -3.07. The van der Waals surface area contributed by atoms with Crippen molar-refractivity contribution < 1.29 is 29.2 Å². The SMILES string of the molecule is O=C(c1ccccc1OCc1ccccc1)C(O)C(O)c1ccc2c(c1)OCO2. The van der Waals surface area contributed by atoms with E-state index in [-0.39, 0.29) is 19.0 Å². The molecule has 0 saturated heterocycles. The van der Waals surface area contributed by atoms with Gasteiger partial charge in [-0.1, -0.05) is 48.5 Å². The summed E-state index contributed by atoms with van der Waals surface area (Å²) in [4.78, 5) is 12.9. The number of hydrogen-bond acceptors (Lipinski definition) is 6. The fourth-order valence-electron chi connectivity index (χ4n) is 3.11. The van der Waals surface area contributed by atoms with E-state index in [4.69, 9.17) is 14.2 Å². The van der Waals surface area contributed by atoms with E-state index in [1.807, 2.05) is 30.3 Å². The Balaban J connectivity index is 1.51. The molecule has 0 saturated carbocycles. The molecule has 148 valence electrons. The average Bonchev–Trinajstić information content (AvgIpc) is 3.25. The van der Waals surface area contributed by atoms with Gasteiger partial charge in [-0.3, -0.25) is 4.79 Å². The van der Waals surface area contributed by atoms with Crippen LogP contribution in [0.25, 0.3) is 0 Å². The summed E-state index contributed by atoms with van der Waals surface area (Å²) in [7, 11) is 0. The van der Waals surface area contributed by atoms with E-state index in [1.54, 1.807) is 42.5 Å². The van der Waals surface area contributed by atoms with Crippen LogP contribution in [-0.4, -0.2) is 28.9 Å². The lowest BCUT2D eigenvalue weighted by molar-refractivity contribution is 0.0201. The van der Waals surface area contributed by atoms with Crippen LogP contribution in [-0.2, 0) is 6.61 Å². The molecule has 0 radical (unpaired) electrons. The third-order valence-corrected chi connectivity index (χ3v) is 4.70. The largest absolute Gasteiger partial charge is 0.488 e. The number of fused-ring (bicyclic) bond motifs is 1. The van der Waals surface area contributed by atoms with Gasteiger partial charge in [0.15, 0.2) is 17.3 Å². The number of carbonyl (C=O) groups excluding carboxylic acids is 1. The van der Waals surface area contributed by atoms with Crippen LogP contribution in [0.2, 0.25) is 0 Å². The maximum absolute atomic E-state index is 12.9. The van der Waals surface area contributed by atoms with Crippen LogP contribution < -0.4 is 14.2 Å². The molecular formula is C23H20O6. The molecule has 0 spiro atoms. The second-order valence-electron chi connectivity index (χ2n) is 6.64. The Labute approximate surface area is 167 Å². The lowest BCUT2D eigenvalue weighted by Gasteiger charge is -2.19. The number of carbonyl (C=O) groups is 1. The van der Waals surface area contributed by atoms with Crippen molar-refractivity contribution >= 4 is 5.78 Å². The summed E-state index contributed by atoms with van der Waals surface area (Å²) in [5.41, 5.74) is 1.52. The minimum absolute atomic E-state index is 0.0997. The number of benzene rings is 3. The highest BCUT2D eigenvalue weighted by molar-refractivity contribution is 6.02. The monoisotopic (exact) mass is 392 g/mol. The number of rotatable bonds is 7. The quantitative estimate of drug-likeness (QED) is 0.601. The zero-order chi connectivity index (χ0) is 20.2. The molecule has 1 heterocycles. The van der Waals surface area contributed by atoms with Crippen LogP contribution in [0.5, 0.6) is 17.2 Å². The van der Waals surface area contributed by atoms with Gasteiger partial charge in [-0.25, -0.2) is 0 Å². The Morgan fingerprint density at radius 1 is 0.931 bits per heavy atom. The Kier molecular flexibility index (Phi) is 5.46. The second kappa shape index (κ2) is 8.34. The maximum atomic E-state index is 12.9. The number of aliphatic hydroxyl groups excluding tert-OH is 2. The van der Waals surface area contributed by atoms with Crippen molar-refractivity contribution in [1.82, 2.24) is 0 Å². The molecule has 29 heavy (non-hydrogen) atoms. The first-order valence-corrected chi connectivity index (χ1v) is 9.19. The third kappa shape index (κ3) is 4.08. The van der Waals surface area contributed by atoms with E-state index < -0.39 is 18.0 Å². The van der Waals surface area contributed by atoms with Gasteiger partial charge in [0.1, 0.15) is 24.6 Å². The highest BCUT2D eigenvalue weighted by atomic mass is 16.7. The van der Waals surface area contributed by atoms with E-state index in [9.17, 15) is 15.0 Å². The minimum atomic E-state index is -1.66. The molecule has 2 unspecified atom stereocenters. The molecule has 1 aliphatic rings. The van der Waals surface area contributed by atoms with Gasteiger partial charge in [-0.2, -0.15) is 0 Å². The Morgan fingerprint density at radius 3 is 2.48 bits per heavy atom.